The Labute approximate surface area is 103 Å². The largest absolute Gasteiger partial charge is 0.383 e. The molecule has 0 bridgehead atoms. The topological polar surface area (TPSA) is 37.4 Å². The molecular weight excluding hydrogens is 214 g/mol. The highest BCUT2D eigenvalue weighted by Gasteiger charge is 2.18. The van der Waals surface area contributed by atoms with Crippen molar-refractivity contribution in [3.8, 4) is 0 Å². The normalized spacial score (nSPS) is 18.2. The third-order valence-corrected chi connectivity index (χ3v) is 3.25. The maximum absolute atomic E-state index is 5.10. The second-order valence-corrected chi connectivity index (χ2v) is 4.49. The number of nitrogens with zero attached hydrogens (tertiary/aromatic N) is 2. The van der Waals surface area contributed by atoms with Crippen LogP contribution in [0, 0.1) is 0 Å². The Kier molecular flexibility index (Phi) is 4.76. The minimum Gasteiger partial charge on any atom is -0.383 e. The second kappa shape index (κ2) is 6.57. The summed E-state index contributed by atoms with van der Waals surface area (Å²) in [6, 6.07) is 4.64. The molecule has 0 unspecified atom stereocenters. The molecule has 1 aromatic heterocycles. The number of nitrogens with one attached hydrogen (secondary N) is 1. The number of hydrogen-bond donors (Lipinski definition) is 1. The first-order valence-electron chi connectivity index (χ1n) is 6.26. The number of anilines is 1. The van der Waals surface area contributed by atoms with E-state index in [-0.39, 0.29) is 0 Å². The number of likely N-dealkylation sites (tertiary alicyclic amines) is 1. The predicted octanol–water partition coefficient (Wildman–Crippen LogP) is 1.60. The molecule has 2 heterocycles. The summed E-state index contributed by atoms with van der Waals surface area (Å²) in [6.07, 6.45) is 6.06. The van der Waals surface area contributed by atoms with Crippen molar-refractivity contribution >= 4 is 5.69 Å². The number of hydrogen-bond acceptors (Lipinski definition) is 4. The number of aromatic nitrogens is 1. The zero-order valence-electron chi connectivity index (χ0n) is 10.4. The lowest BCUT2D eigenvalue weighted by molar-refractivity contribution is 0.132. The van der Waals surface area contributed by atoms with Crippen LogP contribution in [0.3, 0.4) is 0 Å². The van der Waals surface area contributed by atoms with Crippen LogP contribution in [0.4, 0.5) is 5.69 Å². The molecule has 17 heavy (non-hydrogen) atoms. The number of piperidine rings is 1. The van der Waals surface area contributed by atoms with Gasteiger partial charge in [0, 0.05) is 50.9 Å². The maximum atomic E-state index is 5.10. The molecule has 0 radical (unpaired) electrons. The van der Waals surface area contributed by atoms with Gasteiger partial charge in [0.05, 0.1) is 6.61 Å². The molecule has 1 saturated heterocycles. The molecule has 4 nitrogen and oxygen atoms in total. The summed E-state index contributed by atoms with van der Waals surface area (Å²) in [5, 5.41) is 3.56. The zero-order chi connectivity index (χ0) is 11.9. The van der Waals surface area contributed by atoms with Crippen molar-refractivity contribution in [2.24, 2.45) is 0 Å². The van der Waals surface area contributed by atoms with Gasteiger partial charge >= 0.3 is 0 Å². The van der Waals surface area contributed by atoms with Gasteiger partial charge < -0.3 is 15.0 Å². The number of pyridine rings is 1. The van der Waals surface area contributed by atoms with Crippen LogP contribution in [-0.4, -0.2) is 49.3 Å². The standard InChI is InChI=1S/C13H21N3O/c1-17-11-10-16-8-4-13(5-9-16)15-12-2-6-14-7-3-12/h2-3,6-7,13H,4-5,8-11H2,1H3,(H,14,15). The van der Waals surface area contributed by atoms with Gasteiger partial charge in [-0.2, -0.15) is 0 Å². The molecule has 0 aromatic carbocycles. The molecule has 0 spiro atoms. The van der Waals surface area contributed by atoms with Crippen molar-refractivity contribution in [1.82, 2.24) is 9.88 Å². The number of methoxy groups -OCH3 is 1. The van der Waals surface area contributed by atoms with Crippen molar-refractivity contribution in [1.29, 1.82) is 0 Å². The van der Waals surface area contributed by atoms with Crippen LogP contribution >= 0.6 is 0 Å². The van der Waals surface area contributed by atoms with E-state index < -0.39 is 0 Å². The Bertz CT molecular complexity index is 310. The lowest BCUT2D eigenvalue weighted by Crippen LogP contribution is -2.40. The average molecular weight is 235 g/mol. The van der Waals surface area contributed by atoms with Crippen molar-refractivity contribution in [2.45, 2.75) is 18.9 Å². The van der Waals surface area contributed by atoms with E-state index in [9.17, 15) is 0 Å². The number of rotatable bonds is 5. The fourth-order valence-electron chi connectivity index (χ4n) is 2.21. The van der Waals surface area contributed by atoms with Crippen molar-refractivity contribution in [3.05, 3.63) is 24.5 Å². The molecule has 1 aromatic rings. The fraction of sp³-hybridized carbons (Fsp3) is 0.615. The van der Waals surface area contributed by atoms with Crippen molar-refractivity contribution in [3.63, 3.8) is 0 Å². The minimum absolute atomic E-state index is 0.594. The van der Waals surface area contributed by atoms with Crippen LogP contribution in [-0.2, 0) is 4.74 Å². The minimum atomic E-state index is 0.594. The quantitative estimate of drug-likeness (QED) is 0.841. The summed E-state index contributed by atoms with van der Waals surface area (Å²) in [7, 11) is 1.76. The Morgan fingerprint density at radius 1 is 1.35 bits per heavy atom. The molecule has 0 saturated carbocycles. The lowest BCUT2D eigenvalue weighted by Gasteiger charge is -2.32. The van der Waals surface area contributed by atoms with Crippen molar-refractivity contribution in [2.75, 3.05) is 38.7 Å². The van der Waals surface area contributed by atoms with Gasteiger partial charge in [-0.25, -0.2) is 0 Å². The van der Waals surface area contributed by atoms with E-state index in [2.05, 4.69) is 15.2 Å². The Morgan fingerprint density at radius 2 is 2.06 bits per heavy atom. The monoisotopic (exact) mass is 235 g/mol. The molecule has 0 atom stereocenters. The van der Waals surface area contributed by atoms with E-state index >= 15 is 0 Å². The highest BCUT2D eigenvalue weighted by Crippen LogP contribution is 2.15. The van der Waals surface area contributed by atoms with E-state index in [1.54, 1.807) is 7.11 Å². The third-order valence-electron chi connectivity index (χ3n) is 3.25. The van der Waals surface area contributed by atoms with E-state index in [1.165, 1.54) is 18.5 Å². The first-order chi connectivity index (χ1) is 8.38. The molecule has 1 aliphatic rings. The molecule has 94 valence electrons. The van der Waals surface area contributed by atoms with Crippen LogP contribution in [0.15, 0.2) is 24.5 Å². The van der Waals surface area contributed by atoms with E-state index in [0.29, 0.717) is 6.04 Å². The number of ether oxygens (including phenoxy) is 1. The van der Waals surface area contributed by atoms with E-state index in [0.717, 1.165) is 26.2 Å². The molecule has 1 aliphatic heterocycles. The summed E-state index contributed by atoms with van der Waals surface area (Å²) < 4.78 is 5.10. The molecule has 0 amide bonds. The van der Waals surface area contributed by atoms with Gasteiger partial charge in [0.2, 0.25) is 0 Å². The first-order valence-corrected chi connectivity index (χ1v) is 6.26. The van der Waals surface area contributed by atoms with Crippen LogP contribution in [0.2, 0.25) is 0 Å². The summed E-state index contributed by atoms with van der Waals surface area (Å²) >= 11 is 0. The van der Waals surface area contributed by atoms with E-state index in [1.807, 2.05) is 24.5 Å². The van der Waals surface area contributed by atoms with E-state index in [4.69, 9.17) is 4.74 Å². The van der Waals surface area contributed by atoms with Gasteiger partial charge in [0.1, 0.15) is 0 Å². The van der Waals surface area contributed by atoms with Gasteiger partial charge in [-0.3, -0.25) is 4.98 Å². The van der Waals surface area contributed by atoms with Gasteiger partial charge in [-0.1, -0.05) is 0 Å². The lowest BCUT2D eigenvalue weighted by atomic mass is 10.0. The molecular formula is C13H21N3O. The molecule has 4 heteroatoms. The average Bonchev–Trinajstić information content (AvgIpc) is 2.39. The first kappa shape index (κ1) is 12.3. The van der Waals surface area contributed by atoms with Gasteiger partial charge in [-0.15, -0.1) is 0 Å². The van der Waals surface area contributed by atoms with Crippen LogP contribution in [0.5, 0.6) is 0 Å². The van der Waals surface area contributed by atoms with Gasteiger partial charge in [-0.05, 0) is 25.0 Å². The Morgan fingerprint density at radius 3 is 2.71 bits per heavy atom. The summed E-state index contributed by atoms with van der Waals surface area (Å²) in [5.74, 6) is 0. The molecule has 1 fully saturated rings. The summed E-state index contributed by atoms with van der Waals surface area (Å²) in [5.41, 5.74) is 1.18. The Balaban J connectivity index is 1.72. The van der Waals surface area contributed by atoms with Crippen LogP contribution in [0.25, 0.3) is 0 Å². The highest BCUT2D eigenvalue weighted by molar-refractivity contribution is 5.41. The van der Waals surface area contributed by atoms with Crippen LogP contribution < -0.4 is 5.32 Å². The molecule has 1 N–H and O–H groups in total. The van der Waals surface area contributed by atoms with Crippen LogP contribution in [0.1, 0.15) is 12.8 Å². The fourth-order valence-corrected chi connectivity index (χ4v) is 2.21. The maximum Gasteiger partial charge on any atom is 0.0589 e. The van der Waals surface area contributed by atoms with Gasteiger partial charge in [0.15, 0.2) is 0 Å². The molecule has 0 aliphatic carbocycles. The zero-order valence-corrected chi connectivity index (χ0v) is 10.4. The smallest absolute Gasteiger partial charge is 0.0589 e. The highest BCUT2D eigenvalue weighted by atomic mass is 16.5. The van der Waals surface area contributed by atoms with Gasteiger partial charge in [0.25, 0.3) is 0 Å². The summed E-state index contributed by atoms with van der Waals surface area (Å²) in [4.78, 5) is 6.49. The SMILES string of the molecule is COCCN1CCC(Nc2ccncc2)CC1. The summed E-state index contributed by atoms with van der Waals surface area (Å²) in [6.45, 7) is 4.21. The Hall–Kier alpha value is -1.13. The predicted molar refractivity (Wildman–Crippen MR) is 69.2 cm³/mol. The molecule has 2 rings (SSSR count). The third kappa shape index (κ3) is 3.98. The second-order valence-electron chi connectivity index (χ2n) is 4.49. The van der Waals surface area contributed by atoms with Crippen molar-refractivity contribution < 1.29 is 4.74 Å².